The zero-order valence-corrected chi connectivity index (χ0v) is 10.3. The lowest BCUT2D eigenvalue weighted by molar-refractivity contribution is -0.127. The zero-order valence-electron chi connectivity index (χ0n) is 10.3. The Hall–Kier alpha value is -0.530. The van der Waals surface area contributed by atoms with Crippen LogP contribution >= 0.6 is 0 Å². The minimum absolute atomic E-state index is 0.113. The third kappa shape index (κ3) is 1.99. The second-order valence-corrected chi connectivity index (χ2v) is 6.53. The van der Waals surface area contributed by atoms with Crippen LogP contribution in [0.5, 0.6) is 0 Å². The summed E-state index contributed by atoms with van der Waals surface area (Å²) in [5, 5.41) is 3.34. The molecule has 0 aliphatic heterocycles. The van der Waals surface area contributed by atoms with Crippen LogP contribution in [0.4, 0.5) is 0 Å². The standard InChI is InChI=1S/C14H23NO/c1-14(5-3-2-4-6-14)15-13(16)12-8-10-7-11(10)9-12/h10-12H,2-9H2,1H3,(H,15,16). The number of carbonyl (C=O) groups excluding carboxylic acids is 1. The predicted molar refractivity (Wildman–Crippen MR) is 64.0 cm³/mol. The number of rotatable bonds is 2. The summed E-state index contributed by atoms with van der Waals surface area (Å²) in [6.07, 6.45) is 10.0. The van der Waals surface area contributed by atoms with Gasteiger partial charge in [0, 0.05) is 11.5 Å². The molecule has 1 amide bonds. The average molecular weight is 221 g/mol. The number of amides is 1. The average Bonchev–Trinajstić information content (AvgIpc) is 2.86. The summed E-state index contributed by atoms with van der Waals surface area (Å²) in [7, 11) is 0. The lowest BCUT2D eigenvalue weighted by atomic mass is 9.83. The van der Waals surface area contributed by atoms with E-state index < -0.39 is 0 Å². The van der Waals surface area contributed by atoms with E-state index >= 15 is 0 Å². The Labute approximate surface area is 98.2 Å². The Bertz CT molecular complexity index is 283. The van der Waals surface area contributed by atoms with Gasteiger partial charge >= 0.3 is 0 Å². The molecule has 0 saturated heterocycles. The smallest absolute Gasteiger partial charge is 0.223 e. The molecule has 0 bridgehead atoms. The maximum Gasteiger partial charge on any atom is 0.223 e. The first kappa shape index (κ1) is 10.6. The van der Waals surface area contributed by atoms with Crippen molar-refractivity contribution in [1.82, 2.24) is 5.32 Å². The van der Waals surface area contributed by atoms with Crippen LogP contribution in [0.2, 0.25) is 0 Å². The van der Waals surface area contributed by atoms with E-state index in [2.05, 4.69) is 12.2 Å². The van der Waals surface area contributed by atoms with E-state index in [1.807, 2.05) is 0 Å². The highest BCUT2D eigenvalue weighted by Crippen LogP contribution is 2.54. The lowest BCUT2D eigenvalue weighted by Crippen LogP contribution is -2.49. The van der Waals surface area contributed by atoms with Gasteiger partial charge in [-0.1, -0.05) is 19.3 Å². The lowest BCUT2D eigenvalue weighted by Gasteiger charge is -2.35. The molecule has 3 saturated carbocycles. The molecule has 2 heteroatoms. The molecule has 0 radical (unpaired) electrons. The normalized spacial score (nSPS) is 40.2. The maximum absolute atomic E-state index is 12.2. The number of nitrogens with one attached hydrogen (secondary N) is 1. The van der Waals surface area contributed by atoms with Crippen LogP contribution in [0.25, 0.3) is 0 Å². The summed E-state index contributed by atoms with van der Waals surface area (Å²) in [6, 6.07) is 0. The highest BCUT2D eigenvalue weighted by atomic mass is 16.2. The van der Waals surface area contributed by atoms with Gasteiger partial charge in [-0.25, -0.2) is 0 Å². The summed E-state index contributed by atoms with van der Waals surface area (Å²) in [6.45, 7) is 2.24. The van der Waals surface area contributed by atoms with Crippen molar-refractivity contribution in [1.29, 1.82) is 0 Å². The van der Waals surface area contributed by atoms with Crippen LogP contribution in [-0.2, 0) is 4.79 Å². The molecule has 2 nitrogen and oxygen atoms in total. The van der Waals surface area contributed by atoms with Gasteiger partial charge < -0.3 is 5.32 Å². The molecule has 0 heterocycles. The van der Waals surface area contributed by atoms with Gasteiger partial charge in [0.25, 0.3) is 0 Å². The Balaban J connectivity index is 1.55. The summed E-state index contributed by atoms with van der Waals surface area (Å²) < 4.78 is 0. The molecule has 2 unspecified atom stereocenters. The van der Waals surface area contributed by atoms with E-state index in [1.54, 1.807) is 0 Å². The summed E-state index contributed by atoms with van der Waals surface area (Å²) >= 11 is 0. The van der Waals surface area contributed by atoms with Gasteiger partial charge in [-0.2, -0.15) is 0 Å². The molecule has 90 valence electrons. The Morgan fingerprint density at radius 1 is 1.06 bits per heavy atom. The third-order valence-corrected chi connectivity index (χ3v) is 5.00. The Kier molecular flexibility index (Phi) is 2.49. The first-order valence-electron chi connectivity index (χ1n) is 6.98. The van der Waals surface area contributed by atoms with Crippen LogP contribution in [0.1, 0.15) is 58.3 Å². The topological polar surface area (TPSA) is 29.1 Å². The first-order valence-corrected chi connectivity index (χ1v) is 6.98. The van der Waals surface area contributed by atoms with Crippen molar-refractivity contribution < 1.29 is 4.79 Å². The number of hydrogen-bond donors (Lipinski definition) is 1. The van der Waals surface area contributed by atoms with Crippen molar-refractivity contribution in [2.45, 2.75) is 63.8 Å². The van der Waals surface area contributed by atoms with E-state index in [1.165, 1.54) is 51.4 Å². The van der Waals surface area contributed by atoms with Gasteiger partial charge in [-0.3, -0.25) is 4.79 Å². The van der Waals surface area contributed by atoms with Crippen LogP contribution < -0.4 is 5.32 Å². The summed E-state index contributed by atoms with van der Waals surface area (Å²) in [4.78, 5) is 12.2. The molecule has 1 N–H and O–H groups in total. The minimum Gasteiger partial charge on any atom is -0.351 e. The third-order valence-electron chi connectivity index (χ3n) is 5.00. The zero-order chi connectivity index (χ0) is 11.2. The van der Waals surface area contributed by atoms with E-state index in [-0.39, 0.29) is 5.54 Å². The Morgan fingerprint density at radius 2 is 1.69 bits per heavy atom. The van der Waals surface area contributed by atoms with E-state index in [0.717, 1.165) is 11.8 Å². The summed E-state index contributed by atoms with van der Waals surface area (Å²) in [5.74, 6) is 2.53. The van der Waals surface area contributed by atoms with E-state index in [4.69, 9.17) is 0 Å². The molecule has 0 aromatic carbocycles. The van der Waals surface area contributed by atoms with Crippen molar-refractivity contribution in [3.63, 3.8) is 0 Å². The van der Waals surface area contributed by atoms with Crippen molar-refractivity contribution in [2.24, 2.45) is 17.8 Å². The van der Waals surface area contributed by atoms with Crippen molar-refractivity contribution in [3.05, 3.63) is 0 Å². The Morgan fingerprint density at radius 3 is 2.31 bits per heavy atom. The van der Waals surface area contributed by atoms with Gasteiger partial charge in [-0.05, 0) is 50.9 Å². The molecule has 16 heavy (non-hydrogen) atoms. The van der Waals surface area contributed by atoms with Crippen molar-refractivity contribution in [3.8, 4) is 0 Å². The second-order valence-electron chi connectivity index (χ2n) is 6.53. The fraction of sp³-hybridized carbons (Fsp3) is 0.929. The molecule has 3 aliphatic rings. The van der Waals surface area contributed by atoms with Crippen LogP contribution in [0, 0.1) is 17.8 Å². The molecule has 3 fully saturated rings. The molecule has 0 aromatic heterocycles. The minimum atomic E-state index is 0.113. The van der Waals surface area contributed by atoms with Gasteiger partial charge in [-0.15, -0.1) is 0 Å². The molecule has 3 aliphatic carbocycles. The highest BCUT2D eigenvalue weighted by molar-refractivity contribution is 5.80. The van der Waals surface area contributed by atoms with Gasteiger partial charge in [0.1, 0.15) is 0 Å². The van der Waals surface area contributed by atoms with E-state index in [0.29, 0.717) is 11.8 Å². The fourth-order valence-electron chi connectivity index (χ4n) is 3.79. The van der Waals surface area contributed by atoms with Crippen molar-refractivity contribution >= 4 is 5.91 Å². The number of hydrogen-bond acceptors (Lipinski definition) is 1. The SMILES string of the molecule is CC1(NC(=O)C2CC3CC3C2)CCCCC1. The number of fused-ring (bicyclic) bond motifs is 1. The van der Waals surface area contributed by atoms with Crippen molar-refractivity contribution in [2.75, 3.05) is 0 Å². The van der Waals surface area contributed by atoms with Crippen LogP contribution in [0.3, 0.4) is 0 Å². The van der Waals surface area contributed by atoms with Gasteiger partial charge in [0.15, 0.2) is 0 Å². The molecular weight excluding hydrogens is 198 g/mol. The molecule has 3 rings (SSSR count). The first-order chi connectivity index (χ1) is 7.66. The molecule has 0 aromatic rings. The summed E-state index contributed by atoms with van der Waals surface area (Å²) in [5.41, 5.74) is 0.113. The van der Waals surface area contributed by atoms with E-state index in [9.17, 15) is 4.79 Å². The van der Waals surface area contributed by atoms with Crippen LogP contribution in [-0.4, -0.2) is 11.4 Å². The second kappa shape index (κ2) is 3.75. The highest BCUT2D eigenvalue weighted by Gasteiger charge is 2.48. The molecular formula is C14H23NO. The molecule has 2 atom stereocenters. The van der Waals surface area contributed by atoms with Crippen LogP contribution in [0.15, 0.2) is 0 Å². The quantitative estimate of drug-likeness (QED) is 0.763. The van der Waals surface area contributed by atoms with Gasteiger partial charge in [0.2, 0.25) is 5.91 Å². The molecule has 0 spiro atoms. The van der Waals surface area contributed by atoms with Gasteiger partial charge in [0.05, 0.1) is 0 Å². The number of carbonyl (C=O) groups is 1. The predicted octanol–water partition coefficient (Wildman–Crippen LogP) is 2.87. The largest absolute Gasteiger partial charge is 0.351 e. The monoisotopic (exact) mass is 221 g/mol. The fourth-order valence-corrected chi connectivity index (χ4v) is 3.79. The maximum atomic E-state index is 12.2.